The quantitative estimate of drug-likeness (QED) is 0.903. The van der Waals surface area contributed by atoms with Crippen LogP contribution in [0.4, 0.5) is 17.2 Å². The first-order valence-corrected chi connectivity index (χ1v) is 9.10. The molecule has 1 aromatic carbocycles. The zero-order valence-electron chi connectivity index (χ0n) is 14.8. The summed E-state index contributed by atoms with van der Waals surface area (Å²) in [5.74, 6) is 0.186. The van der Waals surface area contributed by atoms with Gasteiger partial charge in [0.05, 0.1) is 23.0 Å². The van der Waals surface area contributed by atoms with Crippen LogP contribution >= 0.6 is 0 Å². The number of hydrogen-bond donors (Lipinski definition) is 1. The summed E-state index contributed by atoms with van der Waals surface area (Å²) >= 11 is 0. The summed E-state index contributed by atoms with van der Waals surface area (Å²) in [6.07, 6.45) is 5.09. The molecule has 134 valence electrons. The number of rotatable bonds is 2. The van der Waals surface area contributed by atoms with Gasteiger partial charge in [-0.15, -0.1) is 0 Å². The van der Waals surface area contributed by atoms with Gasteiger partial charge >= 0.3 is 0 Å². The van der Waals surface area contributed by atoms with Crippen molar-refractivity contribution in [3.63, 3.8) is 0 Å². The van der Waals surface area contributed by atoms with Crippen LogP contribution in [0.15, 0.2) is 42.6 Å². The molecule has 1 saturated heterocycles. The van der Waals surface area contributed by atoms with Crippen LogP contribution in [0.1, 0.15) is 36.5 Å². The molecule has 0 saturated carbocycles. The van der Waals surface area contributed by atoms with E-state index in [0.717, 1.165) is 25.9 Å². The summed E-state index contributed by atoms with van der Waals surface area (Å²) in [7, 11) is 0. The Hall–Kier alpha value is -2.73. The largest absolute Gasteiger partial charge is 0.319 e. The summed E-state index contributed by atoms with van der Waals surface area (Å²) in [6, 6.07) is 10.4. The van der Waals surface area contributed by atoms with E-state index in [-0.39, 0.29) is 17.9 Å². The number of likely N-dealkylation sites (tertiary alicyclic amines) is 1. The lowest BCUT2D eigenvalue weighted by Crippen LogP contribution is -2.47. The Bertz CT molecular complexity index is 845. The minimum Gasteiger partial charge on any atom is -0.319 e. The van der Waals surface area contributed by atoms with E-state index in [0.29, 0.717) is 22.8 Å². The van der Waals surface area contributed by atoms with E-state index in [1.165, 1.54) is 6.42 Å². The van der Waals surface area contributed by atoms with Gasteiger partial charge in [0.25, 0.3) is 5.91 Å². The maximum Gasteiger partial charge on any atom is 0.257 e. The zero-order valence-corrected chi connectivity index (χ0v) is 14.8. The Morgan fingerprint density at radius 1 is 1.12 bits per heavy atom. The highest BCUT2D eigenvalue weighted by molar-refractivity contribution is 6.17. The third kappa shape index (κ3) is 2.86. The highest BCUT2D eigenvalue weighted by atomic mass is 16.2. The lowest BCUT2D eigenvalue weighted by Gasteiger charge is -2.34. The fourth-order valence-electron chi connectivity index (χ4n) is 3.71. The minimum atomic E-state index is -0.272. The molecule has 1 aromatic heterocycles. The monoisotopic (exact) mass is 350 g/mol. The number of nitrogens with one attached hydrogen (secondary N) is 1. The smallest absolute Gasteiger partial charge is 0.257 e. The minimum absolute atomic E-state index is 0.0594. The van der Waals surface area contributed by atoms with Gasteiger partial charge in [-0.25, -0.2) is 4.98 Å². The molecule has 26 heavy (non-hydrogen) atoms. The van der Waals surface area contributed by atoms with Gasteiger partial charge in [0.2, 0.25) is 5.91 Å². The Labute approximate surface area is 152 Å². The molecule has 0 spiro atoms. The van der Waals surface area contributed by atoms with E-state index in [1.807, 2.05) is 13.0 Å². The third-order valence-corrected chi connectivity index (χ3v) is 5.15. The number of anilines is 3. The Balaban J connectivity index is 1.80. The van der Waals surface area contributed by atoms with E-state index in [2.05, 4.69) is 15.2 Å². The van der Waals surface area contributed by atoms with Crippen LogP contribution in [0, 0.1) is 0 Å². The van der Waals surface area contributed by atoms with Gasteiger partial charge in [0, 0.05) is 6.20 Å². The second-order valence-electron chi connectivity index (χ2n) is 6.79. The summed E-state index contributed by atoms with van der Waals surface area (Å²) in [4.78, 5) is 34.3. The van der Waals surface area contributed by atoms with Gasteiger partial charge in [-0.3, -0.25) is 19.4 Å². The van der Waals surface area contributed by atoms with Gasteiger partial charge in [-0.1, -0.05) is 18.6 Å². The van der Waals surface area contributed by atoms with Crippen LogP contribution < -0.4 is 10.2 Å². The molecule has 1 N–H and O–H groups in total. The number of carbonyl (C=O) groups excluding carboxylic acids is 2. The number of para-hydroxylation sites is 1. The van der Waals surface area contributed by atoms with Crippen LogP contribution in [-0.2, 0) is 4.79 Å². The number of amides is 2. The van der Waals surface area contributed by atoms with Gasteiger partial charge in [-0.05, 0) is 57.1 Å². The average molecular weight is 350 g/mol. The fourth-order valence-corrected chi connectivity index (χ4v) is 3.71. The van der Waals surface area contributed by atoms with E-state index in [4.69, 9.17) is 0 Å². The molecule has 1 unspecified atom stereocenters. The Morgan fingerprint density at radius 3 is 2.69 bits per heavy atom. The van der Waals surface area contributed by atoms with Crippen molar-refractivity contribution in [3.05, 3.63) is 48.2 Å². The van der Waals surface area contributed by atoms with Crippen LogP contribution in [-0.4, -0.2) is 40.8 Å². The van der Waals surface area contributed by atoms with Crippen molar-refractivity contribution in [2.75, 3.05) is 23.3 Å². The molecule has 6 heteroatoms. The standard InChI is InChI=1S/C20H22N4O2/c1-14(23-12-5-2-6-13-23)20(26)24-17-10-4-3-8-15(17)19(25)22-16-9-7-11-21-18(16)24/h3-4,7-11,14H,2,5-6,12-13H2,1H3,(H,22,25). The Kier molecular flexibility index (Phi) is 4.42. The molecule has 6 nitrogen and oxygen atoms in total. The van der Waals surface area contributed by atoms with Crippen LogP contribution in [0.5, 0.6) is 0 Å². The lowest BCUT2D eigenvalue weighted by atomic mass is 10.1. The normalized spacial score (nSPS) is 18.3. The van der Waals surface area contributed by atoms with E-state index < -0.39 is 0 Å². The van der Waals surface area contributed by atoms with Gasteiger partial charge in [0.1, 0.15) is 0 Å². The molecule has 1 atom stereocenters. The predicted molar refractivity (Wildman–Crippen MR) is 101 cm³/mol. The number of nitrogens with zero attached hydrogens (tertiary/aromatic N) is 3. The molecule has 0 radical (unpaired) electrons. The molecule has 2 aliphatic rings. The average Bonchev–Trinajstić information content (AvgIpc) is 2.81. The second kappa shape index (κ2) is 6.88. The van der Waals surface area contributed by atoms with Crippen LogP contribution in [0.3, 0.4) is 0 Å². The van der Waals surface area contributed by atoms with Crippen molar-refractivity contribution in [2.24, 2.45) is 0 Å². The fraction of sp³-hybridized carbons (Fsp3) is 0.350. The highest BCUT2D eigenvalue weighted by Gasteiger charge is 2.34. The van der Waals surface area contributed by atoms with Crippen molar-refractivity contribution in [3.8, 4) is 0 Å². The first-order valence-electron chi connectivity index (χ1n) is 9.10. The van der Waals surface area contributed by atoms with Crippen molar-refractivity contribution < 1.29 is 9.59 Å². The predicted octanol–water partition coefficient (Wildman–Crippen LogP) is 3.19. The Morgan fingerprint density at radius 2 is 1.88 bits per heavy atom. The first-order chi connectivity index (χ1) is 12.7. The zero-order chi connectivity index (χ0) is 18.1. The van der Waals surface area contributed by atoms with E-state index in [9.17, 15) is 9.59 Å². The topological polar surface area (TPSA) is 65.5 Å². The summed E-state index contributed by atoms with van der Waals surface area (Å²) < 4.78 is 0. The molecule has 2 aromatic rings. The molecule has 2 aliphatic heterocycles. The molecular formula is C20H22N4O2. The van der Waals surface area contributed by atoms with E-state index >= 15 is 0 Å². The van der Waals surface area contributed by atoms with Crippen molar-refractivity contribution >= 4 is 29.0 Å². The highest BCUT2D eigenvalue weighted by Crippen LogP contribution is 2.37. The number of hydrogen-bond acceptors (Lipinski definition) is 4. The number of benzene rings is 1. The van der Waals surface area contributed by atoms with Crippen LogP contribution in [0.2, 0.25) is 0 Å². The van der Waals surface area contributed by atoms with E-state index in [1.54, 1.807) is 41.4 Å². The van der Waals surface area contributed by atoms with Crippen molar-refractivity contribution in [2.45, 2.75) is 32.2 Å². The SMILES string of the molecule is CC(C(=O)N1c2ccccc2C(=O)Nc2cccnc21)N1CCCCC1. The molecule has 0 bridgehead atoms. The number of carbonyl (C=O) groups is 2. The number of piperidine rings is 1. The number of pyridine rings is 1. The lowest BCUT2D eigenvalue weighted by molar-refractivity contribution is -0.122. The molecular weight excluding hydrogens is 328 g/mol. The second-order valence-corrected chi connectivity index (χ2v) is 6.79. The molecule has 1 fully saturated rings. The van der Waals surface area contributed by atoms with Gasteiger partial charge in [0.15, 0.2) is 5.82 Å². The summed E-state index contributed by atoms with van der Waals surface area (Å²) in [5, 5.41) is 2.87. The maximum atomic E-state index is 13.5. The van der Waals surface area contributed by atoms with Crippen molar-refractivity contribution in [1.29, 1.82) is 0 Å². The van der Waals surface area contributed by atoms with Crippen LogP contribution in [0.25, 0.3) is 0 Å². The van der Waals surface area contributed by atoms with Crippen molar-refractivity contribution in [1.82, 2.24) is 9.88 Å². The third-order valence-electron chi connectivity index (χ3n) is 5.15. The van der Waals surface area contributed by atoms with Gasteiger partial charge in [-0.2, -0.15) is 0 Å². The number of fused-ring (bicyclic) bond motifs is 2. The molecule has 0 aliphatic carbocycles. The summed E-state index contributed by atoms with van der Waals surface area (Å²) in [6.45, 7) is 3.79. The summed E-state index contributed by atoms with van der Waals surface area (Å²) in [5.41, 5.74) is 1.61. The first kappa shape index (κ1) is 16.7. The number of aromatic nitrogens is 1. The molecule has 3 heterocycles. The van der Waals surface area contributed by atoms with Gasteiger partial charge < -0.3 is 5.32 Å². The molecule has 4 rings (SSSR count). The maximum absolute atomic E-state index is 13.5. The molecule has 2 amide bonds.